The van der Waals surface area contributed by atoms with Crippen molar-refractivity contribution in [1.29, 1.82) is 0 Å². The normalized spacial score (nSPS) is 20.9. The Hall–Kier alpha value is -4.26. The van der Waals surface area contributed by atoms with Crippen molar-refractivity contribution in [2.75, 3.05) is 6.61 Å². The summed E-state index contributed by atoms with van der Waals surface area (Å²) < 4.78 is 33.8. The summed E-state index contributed by atoms with van der Waals surface area (Å²) >= 11 is 0. The molecule has 5 aromatic carbocycles. The highest BCUT2D eigenvalue weighted by molar-refractivity contribution is 5.32. The molecule has 5 aromatic rings. The lowest BCUT2D eigenvalue weighted by atomic mass is 9.80. The van der Waals surface area contributed by atoms with E-state index in [4.69, 9.17) is 23.7 Å². The minimum Gasteiger partial charge on any atom is -0.487 e. The third-order valence-corrected chi connectivity index (χ3v) is 8.68. The Balaban J connectivity index is 1.32. The summed E-state index contributed by atoms with van der Waals surface area (Å²) in [6.07, 6.45) is -0.720. The molecule has 1 saturated carbocycles. The number of ether oxygens (including phenoxy) is 5. The molecule has 0 aliphatic heterocycles. The molecule has 5 nitrogen and oxygen atoms in total. The molecule has 1 fully saturated rings. The monoisotopic (exact) mass is 628 g/mol. The Kier molecular flexibility index (Phi) is 11.9. The van der Waals surface area contributed by atoms with E-state index in [1.165, 1.54) is 0 Å². The maximum Gasteiger partial charge on any atom is 0.128 e. The number of hydrogen-bond donors (Lipinski definition) is 0. The Morgan fingerprint density at radius 3 is 1.40 bits per heavy atom. The van der Waals surface area contributed by atoms with E-state index < -0.39 is 12.2 Å². The largest absolute Gasteiger partial charge is 0.487 e. The van der Waals surface area contributed by atoms with Crippen LogP contribution in [0.4, 0.5) is 0 Å². The molecular weight excluding hydrogens is 584 g/mol. The first kappa shape index (κ1) is 32.7. The quantitative estimate of drug-likeness (QED) is 0.116. The molecule has 5 atom stereocenters. The van der Waals surface area contributed by atoms with Crippen LogP contribution >= 0.6 is 0 Å². The smallest absolute Gasteiger partial charge is 0.128 e. The minimum absolute atomic E-state index is 0.00575. The zero-order valence-corrected chi connectivity index (χ0v) is 27.0. The standard InChI is InChI=1S/C42H44O5/c1-32-16-14-15-25-38(32)47-39-26-37(31-43-27-33-17-6-2-7-18-33)40(44-28-34-19-8-3-9-20-34)42(46-30-36-23-12-5-13-24-36)41(39)45-29-35-21-10-4-11-22-35/h2-25,37,39-42H,26-31H2,1H3/t37-,39-,40-,41+,42+/m1/s1. The van der Waals surface area contributed by atoms with Gasteiger partial charge in [-0.05, 0) is 47.2 Å². The van der Waals surface area contributed by atoms with Crippen molar-refractivity contribution in [2.24, 2.45) is 5.92 Å². The Morgan fingerprint density at radius 2 is 0.894 bits per heavy atom. The molecule has 0 amide bonds. The van der Waals surface area contributed by atoms with Gasteiger partial charge in [0.2, 0.25) is 0 Å². The second-order valence-corrected chi connectivity index (χ2v) is 12.2. The van der Waals surface area contributed by atoms with E-state index in [1.807, 2.05) is 91.0 Å². The second kappa shape index (κ2) is 17.1. The molecule has 0 radical (unpaired) electrons. The van der Waals surface area contributed by atoms with E-state index in [0.717, 1.165) is 33.6 Å². The summed E-state index contributed by atoms with van der Waals surface area (Å²) in [5.74, 6) is 0.842. The van der Waals surface area contributed by atoms with Crippen molar-refractivity contribution < 1.29 is 23.7 Å². The molecule has 0 spiro atoms. The van der Waals surface area contributed by atoms with Crippen molar-refractivity contribution in [3.8, 4) is 5.75 Å². The van der Waals surface area contributed by atoms with E-state index in [-0.39, 0.29) is 18.1 Å². The van der Waals surface area contributed by atoms with Crippen molar-refractivity contribution in [2.45, 2.75) is 64.2 Å². The van der Waals surface area contributed by atoms with Crippen molar-refractivity contribution in [3.05, 3.63) is 173 Å². The fraction of sp³-hybridized carbons (Fsp3) is 0.286. The first-order valence-corrected chi connectivity index (χ1v) is 16.5. The number of hydrogen-bond acceptors (Lipinski definition) is 5. The first-order valence-electron chi connectivity index (χ1n) is 16.5. The van der Waals surface area contributed by atoms with Gasteiger partial charge in [0.05, 0.1) is 39.1 Å². The van der Waals surface area contributed by atoms with Crippen LogP contribution in [-0.4, -0.2) is 31.0 Å². The van der Waals surface area contributed by atoms with Gasteiger partial charge in [-0.25, -0.2) is 0 Å². The first-order chi connectivity index (χ1) is 23.2. The SMILES string of the molecule is Cc1ccccc1O[C@@H]1C[C@H](COCc2ccccc2)[C@@H](OCc2ccccc2)[C@H](OCc2ccccc2)[C@H]1OCc1ccccc1. The Labute approximate surface area is 279 Å². The molecule has 1 aliphatic carbocycles. The summed E-state index contributed by atoms with van der Waals surface area (Å²) in [6, 6.07) is 49.3. The van der Waals surface area contributed by atoms with Gasteiger partial charge in [-0.3, -0.25) is 0 Å². The number of para-hydroxylation sites is 1. The fourth-order valence-electron chi connectivity index (χ4n) is 6.19. The summed E-state index contributed by atoms with van der Waals surface area (Å²) in [4.78, 5) is 0. The molecule has 0 N–H and O–H groups in total. The highest BCUT2D eigenvalue weighted by Crippen LogP contribution is 2.37. The molecule has 242 valence electrons. The zero-order valence-electron chi connectivity index (χ0n) is 27.0. The third kappa shape index (κ3) is 9.40. The van der Waals surface area contributed by atoms with E-state index in [1.54, 1.807) is 0 Å². The lowest BCUT2D eigenvalue weighted by Gasteiger charge is -2.46. The third-order valence-electron chi connectivity index (χ3n) is 8.68. The Bertz CT molecular complexity index is 1600. The van der Waals surface area contributed by atoms with Crippen LogP contribution in [0.1, 0.15) is 34.2 Å². The second-order valence-electron chi connectivity index (χ2n) is 12.2. The van der Waals surface area contributed by atoms with Crippen LogP contribution in [0.3, 0.4) is 0 Å². The van der Waals surface area contributed by atoms with E-state index >= 15 is 0 Å². The highest BCUT2D eigenvalue weighted by Gasteiger charge is 2.48. The van der Waals surface area contributed by atoms with Crippen molar-refractivity contribution in [1.82, 2.24) is 0 Å². The van der Waals surface area contributed by atoms with Crippen LogP contribution in [-0.2, 0) is 45.4 Å². The molecular formula is C42H44O5. The summed E-state index contributed by atoms with van der Waals surface area (Å²) in [6.45, 7) is 4.42. The Morgan fingerprint density at radius 1 is 0.468 bits per heavy atom. The van der Waals surface area contributed by atoms with Gasteiger partial charge in [-0.2, -0.15) is 0 Å². The average molecular weight is 629 g/mol. The van der Waals surface area contributed by atoms with Gasteiger partial charge in [0, 0.05) is 5.92 Å². The van der Waals surface area contributed by atoms with Gasteiger partial charge in [0.15, 0.2) is 0 Å². The molecule has 0 aromatic heterocycles. The van der Waals surface area contributed by atoms with Gasteiger partial charge in [0.1, 0.15) is 24.1 Å². The van der Waals surface area contributed by atoms with Crippen LogP contribution in [0.15, 0.2) is 146 Å². The molecule has 6 rings (SSSR count). The van der Waals surface area contributed by atoms with Crippen LogP contribution in [0, 0.1) is 12.8 Å². The van der Waals surface area contributed by atoms with Gasteiger partial charge in [0.25, 0.3) is 0 Å². The summed E-state index contributed by atoms with van der Waals surface area (Å²) in [5.41, 5.74) is 5.52. The maximum atomic E-state index is 6.88. The predicted octanol–water partition coefficient (Wildman–Crippen LogP) is 8.74. The molecule has 1 aliphatic rings. The highest BCUT2D eigenvalue weighted by atomic mass is 16.6. The van der Waals surface area contributed by atoms with E-state index in [0.29, 0.717) is 39.5 Å². The lowest BCUT2D eigenvalue weighted by molar-refractivity contribution is -0.220. The summed E-state index contributed by atoms with van der Waals surface area (Å²) in [7, 11) is 0. The van der Waals surface area contributed by atoms with Crippen LogP contribution in [0.5, 0.6) is 5.75 Å². The van der Waals surface area contributed by atoms with E-state index in [9.17, 15) is 0 Å². The molecule has 0 unspecified atom stereocenters. The fourth-order valence-corrected chi connectivity index (χ4v) is 6.19. The number of rotatable bonds is 15. The predicted molar refractivity (Wildman–Crippen MR) is 185 cm³/mol. The van der Waals surface area contributed by atoms with Crippen molar-refractivity contribution in [3.63, 3.8) is 0 Å². The van der Waals surface area contributed by atoms with Crippen LogP contribution in [0.2, 0.25) is 0 Å². The van der Waals surface area contributed by atoms with Crippen molar-refractivity contribution >= 4 is 0 Å². The van der Waals surface area contributed by atoms with Gasteiger partial charge in [-0.15, -0.1) is 0 Å². The maximum absolute atomic E-state index is 6.88. The molecule has 5 heteroatoms. The van der Waals surface area contributed by atoms with Gasteiger partial charge >= 0.3 is 0 Å². The number of benzene rings is 5. The van der Waals surface area contributed by atoms with E-state index in [2.05, 4.69) is 61.5 Å². The van der Waals surface area contributed by atoms with Gasteiger partial charge in [-0.1, -0.05) is 140 Å². The number of aryl methyl sites for hydroxylation is 1. The van der Waals surface area contributed by atoms with Crippen LogP contribution in [0.25, 0.3) is 0 Å². The topological polar surface area (TPSA) is 46.2 Å². The molecule has 0 bridgehead atoms. The summed E-state index contributed by atoms with van der Waals surface area (Å²) in [5, 5.41) is 0. The molecule has 0 heterocycles. The average Bonchev–Trinajstić information content (AvgIpc) is 3.12. The zero-order chi connectivity index (χ0) is 32.1. The molecule has 47 heavy (non-hydrogen) atoms. The van der Waals surface area contributed by atoms with Crippen LogP contribution < -0.4 is 4.74 Å². The van der Waals surface area contributed by atoms with Gasteiger partial charge < -0.3 is 23.7 Å². The minimum atomic E-state index is -0.421. The molecule has 0 saturated heterocycles. The lowest BCUT2D eigenvalue weighted by Crippen LogP contribution is -2.59.